The molecule has 0 atom stereocenters. The smallest absolute Gasteiger partial charge is 0.247 e. The molecule has 21 heavy (non-hydrogen) atoms. The van der Waals surface area contributed by atoms with Gasteiger partial charge in [-0.3, -0.25) is 4.79 Å². The van der Waals surface area contributed by atoms with Crippen molar-refractivity contribution in [1.82, 2.24) is 4.90 Å². The van der Waals surface area contributed by atoms with E-state index in [9.17, 15) is 4.79 Å². The lowest BCUT2D eigenvalue weighted by Crippen LogP contribution is -2.29. The monoisotopic (exact) mass is 284 g/mol. The molecule has 0 saturated heterocycles. The Labute approximate surface area is 123 Å². The molecule has 1 amide bonds. The molecule has 2 heterocycles. The predicted octanol–water partition coefficient (Wildman–Crippen LogP) is 3.14. The van der Waals surface area contributed by atoms with E-state index in [1.165, 1.54) is 6.08 Å². The Bertz CT molecular complexity index is 647. The number of furan rings is 2. The summed E-state index contributed by atoms with van der Waals surface area (Å²) in [5.41, 5.74) is 0. The molecule has 108 valence electrons. The van der Waals surface area contributed by atoms with E-state index in [2.05, 4.69) is 0 Å². The van der Waals surface area contributed by atoms with Gasteiger partial charge in [-0.1, -0.05) is 0 Å². The third-order valence-electron chi connectivity index (χ3n) is 2.88. The molecule has 2 aromatic heterocycles. The van der Waals surface area contributed by atoms with Crippen molar-refractivity contribution < 1.29 is 13.6 Å². The van der Waals surface area contributed by atoms with Crippen molar-refractivity contribution in [2.45, 2.75) is 19.9 Å². The molecule has 0 aliphatic carbocycles. The van der Waals surface area contributed by atoms with Crippen molar-refractivity contribution >= 4 is 12.0 Å². The Kier molecular flexibility index (Phi) is 4.99. The lowest BCUT2D eigenvalue weighted by Gasteiger charge is -2.18. The molecule has 0 fully saturated rings. The molecule has 0 bridgehead atoms. The molecule has 0 aliphatic rings. The van der Waals surface area contributed by atoms with E-state index in [0.29, 0.717) is 24.6 Å². The molecular formula is C16H16N2O3. The molecule has 0 N–H and O–H groups in total. The van der Waals surface area contributed by atoms with E-state index >= 15 is 0 Å². The van der Waals surface area contributed by atoms with Crippen LogP contribution in [-0.4, -0.2) is 17.4 Å². The number of nitriles is 1. The van der Waals surface area contributed by atoms with Gasteiger partial charge in [-0.25, -0.2) is 0 Å². The summed E-state index contributed by atoms with van der Waals surface area (Å²) in [4.78, 5) is 13.8. The van der Waals surface area contributed by atoms with Gasteiger partial charge < -0.3 is 13.7 Å². The first-order chi connectivity index (χ1) is 10.2. The predicted molar refractivity (Wildman–Crippen MR) is 76.8 cm³/mol. The summed E-state index contributed by atoms with van der Waals surface area (Å²) >= 11 is 0. The highest BCUT2D eigenvalue weighted by Crippen LogP contribution is 2.10. The fraction of sp³-hybridized carbons (Fsp3) is 0.250. The van der Waals surface area contributed by atoms with E-state index < -0.39 is 0 Å². The van der Waals surface area contributed by atoms with Gasteiger partial charge in [0, 0.05) is 12.6 Å². The highest BCUT2D eigenvalue weighted by molar-refractivity contribution is 5.91. The molecule has 5 heteroatoms. The molecule has 2 rings (SSSR count). The summed E-state index contributed by atoms with van der Waals surface area (Å²) in [6.07, 6.45) is 4.90. The largest absolute Gasteiger partial charge is 0.467 e. The number of rotatable bonds is 6. The van der Waals surface area contributed by atoms with Crippen molar-refractivity contribution in [3.63, 3.8) is 0 Å². The van der Waals surface area contributed by atoms with Crippen LogP contribution in [-0.2, 0) is 11.3 Å². The average Bonchev–Trinajstić information content (AvgIpc) is 3.12. The van der Waals surface area contributed by atoms with E-state index in [-0.39, 0.29) is 12.3 Å². The molecular weight excluding hydrogens is 268 g/mol. The van der Waals surface area contributed by atoms with Crippen LogP contribution in [0.25, 0.3) is 6.08 Å². The van der Waals surface area contributed by atoms with E-state index in [1.54, 1.807) is 35.4 Å². The molecule has 0 aliphatic heterocycles. The third kappa shape index (κ3) is 4.39. The number of nitrogens with zero attached hydrogens (tertiary/aromatic N) is 2. The molecule has 0 spiro atoms. The lowest BCUT2D eigenvalue weighted by atomic mass is 10.3. The Morgan fingerprint density at radius 1 is 1.43 bits per heavy atom. The van der Waals surface area contributed by atoms with Crippen LogP contribution in [0.1, 0.15) is 23.7 Å². The number of hydrogen-bond acceptors (Lipinski definition) is 4. The molecule has 2 aromatic rings. The average molecular weight is 284 g/mol. The van der Waals surface area contributed by atoms with Crippen molar-refractivity contribution in [2.24, 2.45) is 0 Å². The van der Waals surface area contributed by atoms with Crippen molar-refractivity contribution in [3.8, 4) is 6.07 Å². The quantitative estimate of drug-likeness (QED) is 0.764. The first kappa shape index (κ1) is 14.7. The Balaban J connectivity index is 2.03. The van der Waals surface area contributed by atoms with Crippen LogP contribution < -0.4 is 0 Å². The van der Waals surface area contributed by atoms with Gasteiger partial charge in [0.15, 0.2) is 0 Å². The van der Waals surface area contributed by atoms with Crippen LogP contribution in [0.4, 0.5) is 0 Å². The fourth-order valence-electron chi connectivity index (χ4n) is 1.84. The number of carbonyl (C=O) groups is 1. The van der Waals surface area contributed by atoms with E-state index in [0.717, 1.165) is 5.76 Å². The summed E-state index contributed by atoms with van der Waals surface area (Å²) < 4.78 is 10.6. The summed E-state index contributed by atoms with van der Waals surface area (Å²) in [7, 11) is 0. The summed E-state index contributed by atoms with van der Waals surface area (Å²) in [6, 6.07) is 9.24. The summed E-state index contributed by atoms with van der Waals surface area (Å²) in [5, 5.41) is 8.69. The maximum Gasteiger partial charge on any atom is 0.247 e. The van der Waals surface area contributed by atoms with Crippen LogP contribution >= 0.6 is 0 Å². The van der Waals surface area contributed by atoms with Gasteiger partial charge >= 0.3 is 0 Å². The Morgan fingerprint density at radius 2 is 2.29 bits per heavy atom. The van der Waals surface area contributed by atoms with Crippen molar-refractivity contribution in [3.05, 3.63) is 53.9 Å². The lowest BCUT2D eigenvalue weighted by molar-refractivity contribution is -0.126. The maximum atomic E-state index is 12.2. The minimum atomic E-state index is -0.185. The zero-order valence-corrected chi connectivity index (χ0v) is 11.8. The topological polar surface area (TPSA) is 70.4 Å². The zero-order valence-electron chi connectivity index (χ0n) is 11.8. The van der Waals surface area contributed by atoms with Gasteiger partial charge in [-0.15, -0.1) is 0 Å². The number of carbonyl (C=O) groups excluding carboxylic acids is 1. The first-order valence-corrected chi connectivity index (χ1v) is 6.62. The zero-order chi connectivity index (χ0) is 15.1. The van der Waals surface area contributed by atoms with Crippen molar-refractivity contribution in [1.29, 1.82) is 5.26 Å². The van der Waals surface area contributed by atoms with Gasteiger partial charge in [0.05, 0.1) is 25.3 Å². The molecule has 0 aromatic carbocycles. The van der Waals surface area contributed by atoms with Crippen LogP contribution in [0.3, 0.4) is 0 Å². The Morgan fingerprint density at radius 3 is 2.90 bits per heavy atom. The second-order valence-corrected chi connectivity index (χ2v) is 4.53. The number of amides is 1. The fourth-order valence-corrected chi connectivity index (χ4v) is 1.84. The van der Waals surface area contributed by atoms with Crippen LogP contribution in [0.2, 0.25) is 0 Å². The molecule has 0 unspecified atom stereocenters. The molecule has 0 radical (unpaired) electrons. The highest BCUT2D eigenvalue weighted by Gasteiger charge is 2.12. The number of hydrogen-bond donors (Lipinski definition) is 0. The standard InChI is InChI=1S/C16H16N2O3/c1-13-5-6-14(21-13)7-8-16(19)18(10-3-9-17)12-15-4-2-11-20-15/h2,4-8,11H,3,10,12H2,1H3. The maximum absolute atomic E-state index is 12.2. The second-order valence-electron chi connectivity index (χ2n) is 4.53. The van der Waals surface area contributed by atoms with Gasteiger partial charge in [-0.2, -0.15) is 5.26 Å². The van der Waals surface area contributed by atoms with Gasteiger partial charge in [0.1, 0.15) is 17.3 Å². The van der Waals surface area contributed by atoms with Crippen LogP contribution in [0, 0.1) is 18.3 Å². The molecule has 0 saturated carbocycles. The minimum Gasteiger partial charge on any atom is -0.467 e. The first-order valence-electron chi connectivity index (χ1n) is 6.62. The SMILES string of the molecule is Cc1ccc(C=CC(=O)N(CCC#N)Cc2ccco2)o1. The van der Waals surface area contributed by atoms with Crippen LogP contribution in [0.15, 0.2) is 45.4 Å². The van der Waals surface area contributed by atoms with E-state index in [4.69, 9.17) is 14.1 Å². The number of aryl methyl sites for hydroxylation is 1. The van der Waals surface area contributed by atoms with E-state index in [1.807, 2.05) is 19.1 Å². The Hall–Kier alpha value is -2.74. The highest BCUT2D eigenvalue weighted by atomic mass is 16.3. The normalized spacial score (nSPS) is 10.7. The summed E-state index contributed by atoms with van der Waals surface area (Å²) in [5.74, 6) is 1.91. The van der Waals surface area contributed by atoms with Gasteiger partial charge in [0.2, 0.25) is 5.91 Å². The van der Waals surface area contributed by atoms with Crippen molar-refractivity contribution in [2.75, 3.05) is 6.54 Å². The van der Waals surface area contributed by atoms with Gasteiger partial charge in [-0.05, 0) is 37.3 Å². The third-order valence-corrected chi connectivity index (χ3v) is 2.88. The summed E-state index contributed by atoms with van der Waals surface area (Å²) in [6.45, 7) is 2.54. The molecule has 5 nitrogen and oxygen atoms in total. The van der Waals surface area contributed by atoms with Gasteiger partial charge in [0.25, 0.3) is 0 Å². The minimum absolute atomic E-state index is 0.185. The second kappa shape index (κ2) is 7.15. The van der Waals surface area contributed by atoms with Crippen LogP contribution in [0.5, 0.6) is 0 Å².